The van der Waals surface area contributed by atoms with Crippen LogP contribution < -0.4 is 5.32 Å². The average Bonchev–Trinajstić information content (AvgIpc) is 2.84. The fourth-order valence-corrected chi connectivity index (χ4v) is 4.40. The molecule has 1 heterocycles. The van der Waals surface area contributed by atoms with E-state index < -0.39 is 0 Å². The molecule has 1 aromatic heterocycles. The number of thiophene rings is 1. The highest BCUT2D eigenvalue weighted by Crippen LogP contribution is 2.41. The van der Waals surface area contributed by atoms with Gasteiger partial charge >= 0.3 is 0 Å². The zero-order chi connectivity index (χ0) is 11.5. The fraction of sp³-hybridized carbons (Fsp3) is 0.692. The molecule has 1 aliphatic rings. The molecule has 3 unspecified atom stereocenters. The van der Waals surface area contributed by atoms with Gasteiger partial charge in [-0.3, -0.25) is 0 Å². The Labute approximate surface area is 111 Å². The topological polar surface area (TPSA) is 12.0 Å². The van der Waals surface area contributed by atoms with Crippen LogP contribution in [0, 0.1) is 11.8 Å². The Morgan fingerprint density at radius 3 is 2.81 bits per heavy atom. The summed E-state index contributed by atoms with van der Waals surface area (Å²) in [6.45, 7) is 5.63. The second kappa shape index (κ2) is 5.65. The van der Waals surface area contributed by atoms with Crippen LogP contribution in [0.5, 0.6) is 0 Å². The second-order valence-corrected chi connectivity index (χ2v) is 6.49. The first-order valence-electron chi connectivity index (χ1n) is 6.17. The number of rotatable bonds is 4. The summed E-state index contributed by atoms with van der Waals surface area (Å²) in [6, 6.07) is 0.551. The number of hydrogen-bond donors (Lipinski definition) is 1. The van der Waals surface area contributed by atoms with E-state index >= 15 is 0 Å². The van der Waals surface area contributed by atoms with Gasteiger partial charge in [-0.05, 0) is 58.1 Å². The Kier molecular flexibility index (Phi) is 4.45. The maximum atomic E-state index is 3.67. The molecule has 1 N–H and O–H groups in total. The van der Waals surface area contributed by atoms with Gasteiger partial charge in [-0.2, -0.15) is 11.3 Å². The molecule has 0 aromatic carbocycles. The minimum atomic E-state index is 0.551. The maximum absolute atomic E-state index is 3.67. The monoisotopic (exact) mass is 301 g/mol. The van der Waals surface area contributed by atoms with E-state index in [1.54, 1.807) is 11.3 Å². The molecule has 3 atom stereocenters. The largest absolute Gasteiger partial charge is 0.310 e. The molecule has 2 rings (SSSR count). The van der Waals surface area contributed by atoms with Gasteiger partial charge in [-0.25, -0.2) is 0 Å². The zero-order valence-corrected chi connectivity index (χ0v) is 12.4. The van der Waals surface area contributed by atoms with Gasteiger partial charge in [0.25, 0.3) is 0 Å². The summed E-state index contributed by atoms with van der Waals surface area (Å²) in [6.07, 6.45) is 4.15. The van der Waals surface area contributed by atoms with Crippen LogP contribution in [0.2, 0.25) is 0 Å². The molecule has 0 spiro atoms. The van der Waals surface area contributed by atoms with Gasteiger partial charge in [0.2, 0.25) is 0 Å². The minimum Gasteiger partial charge on any atom is -0.310 e. The highest BCUT2D eigenvalue weighted by molar-refractivity contribution is 9.10. The number of hydrogen-bond acceptors (Lipinski definition) is 2. The van der Waals surface area contributed by atoms with E-state index in [1.807, 2.05) is 0 Å². The Morgan fingerprint density at radius 2 is 2.31 bits per heavy atom. The predicted octanol–water partition coefficient (Wildman–Crippen LogP) is 4.60. The molecule has 16 heavy (non-hydrogen) atoms. The summed E-state index contributed by atoms with van der Waals surface area (Å²) in [5.41, 5.74) is 1.46. The van der Waals surface area contributed by atoms with Crippen molar-refractivity contribution in [1.82, 2.24) is 5.32 Å². The number of nitrogens with one attached hydrogen (secondary N) is 1. The van der Waals surface area contributed by atoms with Crippen molar-refractivity contribution in [2.24, 2.45) is 11.8 Å². The normalized spacial score (nSPS) is 27.2. The molecular formula is C13H20BrNS. The van der Waals surface area contributed by atoms with E-state index in [4.69, 9.17) is 0 Å². The lowest BCUT2D eigenvalue weighted by atomic mass is 9.92. The third-order valence-electron chi connectivity index (χ3n) is 3.61. The average molecular weight is 302 g/mol. The summed E-state index contributed by atoms with van der Waals surface area (Å²) in [5, 5.41) is 8.15. The summed E-state index contributed by atoms with van der Waals surface area (Å²) in [5.74, 6) is 1.73. The van der Waals surface area contributed by atoms with Gasteiger partial charge < -0.3 is 5.32 Å². The molecule has 0 amide bonds. The van der Waals surface area contributed by atoms with E-state index in [-0.39, 0.29) is 0 Å². The molecule has 0 radical (unpaired) electrons. The first-order valence-corrected chi connectivity index (χ1v) is 7.91. The zero-order valence-electron chi connectivity index (χ0n) is 10.0. The van der Waals surface area contributed by atoms with Crippen molar-refractivity contribution in [3.05, 3.63) is 20.8 Å². The molecule has 1 nitrogen and oxygen atoms in total. The van der Waals surface area contributed by atoms with E-state index in [1.165, 1.54) is 29.3 Å². The lowest BCUT2D eigenvalue weighted by Crippen LogP contribution is -2.27. The SMILES string of the molecule is CCNC(c1cscc1Br)C1CCC(C)C1. The van der Waals surface area contributed by atoms with Gasteiger partial charge in [0.1, 0.15) is 0 Å². The summed E-state index contributed by atoms with van der Waals surface area (Å²) in [7, 11) is 0. The van der Waals surface area contributed by atoms with Crippen LogP contribution in [0.3, 0.4) is 0 Å². The van der Waals surface area contributed by atoms with Crippen LogP contribution in [0.4, 0.5) is 0 Å². The van der Waals surface area contributed by atoms with Crippen molar-refractivity contribution < 1.29 is 0 Å². The minimum absolute atomic E-state index is 0.551. The van der Waals surface area contributed by atoms with Gasteiger partial charge in [-0.1, -0.05) is 20.3 Å². The van der Waals surface area contributed by atoms with Crippen molar-refractivity contribution in [1.29, 1.82) is 0 Å². The van der Waals surface area contributed by atoms with Crippen LogP contribution in [0.25, 0.3) is 0 Å². The van der Waals surface area contributed by atoms with E-state index in [0.29, 0.717) is 6.04 Å². The van der Waals surface area contributed by atoms with Crippen molar-refractivity contribution in [2.45, 2.75) is 39.2 Å². The third-order valence-corrected chi connectivity index (χ3v) is 5.36. The lowest BCUT2D eigenvalue weighted by Gasteiger charge is -2.24. The maximum Gasteiger partial charge on any atom is 0.0368 e. The van der Waals surface area contributed by atoms with Crippen LogP contribution in [0.15, 0.2) is 15.2 Å². The van der Waals surface area contributed by atoms with Crippen LogP contribution in [-0.2, 0) is 0 Å². The van der Waals surface area contributed by atoms with Crippen molar-refractivity contribution >= 4 is 27.3 Å². The van der Waals surface area contributed by atoms with Gasteiger partial charge in [-0.15, -0.1) is 0 Å². The van der Waals surface area contributed by atoms with Gasteiger partial charge in [0, 0.05) is 15.9 Å². The molecule has 3 heteroatoms. The lowest BCUT2D eigenvalue weighted by molar-refractivity contribution is 0.365. The molecule has 1 fully saturated rings. The predicted molar refractivity (Wildman–Crippen MR) is 74.9 cm³/mol. The molecule has 0 saturated heterocycles. The smallest absolute Gasteiger partial charge is 0.0368 e. The standard InChI is InChI=1S/C13H20BrNS/c1-3-15-13(10-5-4-9(2)6-10)11-7-16-8-12(11)14/h7-10,13,15H,3-6H2,1-2H3. The summed E-state index contributed by atoms with van der Waals surface area (Å²) < 4.78 is 1.28. The highest BCUT2D eigenvalue weighted by Gasteiger charge is 2.30. The Balaban J connectivity index is 2.14. The Bertz CT molecular complexity index is 336. The van der Waals surface area contributed by atoms with Crippen LogP contribution in [-0.4, -0.2) is 6.54 Å². The fourth-order valence-electron chi connectivity index (χ4n) is 2.82. The van der Waals surface area contributed by atoms with Crippen LogP contribution in [0.1, 0.15) is 44.7 Å². The number of halogens is 1. The highest BCUT2D eigenvalue weighted by atomic mass is 79.9. The van der Waals surface area contributed by atoms with Crippen molar-refractivity contribution in [3.8, 4) is 0 Å². The Hall–Kier alpha value is 0.140. The van der Waals surface area contributed by atoms with E-state index in [9.17, 15) is 0 Å². The Morgan fingerprint density at radius 1 is 1.50 bits per heavy atom. The van der Waals surface area contributed by atoms with Crippen LogP contribution >= 0.6 is 27.3 Å². The first kappa shape index (κ1) is 12.6. The molecule has 0 aliphatic heterocycles. The molecule has 1 aliphatic carbocycles. The third kappa shape index (κ3) is 2.69. The first-order chi connectivity index (χ1) is 7.72. The van der Waals surface area contributed by atoms with Gasteiger partial charge in [0.15, 0.2) is 0 Å². The van der Waals surface area contributed by atoms with Gasteiger partial charge in [0.05, 0.1) is 0 Å². The summed E-state index contributed by atoms with van der Waals surface area (Å²) >= 11 is 5.46. The molecule has 90 valence electrons. The quantitative estimate of drug-likeness (QED) is 0.857. The molecular weight excluding hydrogens is 282 g/mol. The molecule has 1 saturated carbocycles. The second-order valence-electron chi connectivity index (χ2n) is 4.89. The van der Waals surface area contributed by atoms with Crippen molar-refractivity contribution in [2.75, 3.05) is 6.54 Å². The summed E-state index contributed by atoms with van der Waals surface area (Å²) in [4.78, 5) is 0. The van der Waals surface area contributed by atoms with E-state index in [2.05, 4.69) is 45.9 Å². The molecule has 0 bridgehead atoms. The van der Waals surface area contributed by atoms with Crippen molar-refractivity contribution in [3.63, 3.8) is 0 Å². The molecule has 1 aromatic rings. The van der Waals surface area contributed by atoms with E-state index in [0.717, 1.165) is 18.4 Å².